The SMILES string of the molecule is Brc1csc(CNc2cccc(Oc3ccccc3)c2)c1. The quantitative estimate of drug-likeness (QED) is 0.610. The summed E-state index contributed by atoms with van der Waals surface area (Å²) in [7, 11) is 0. The number of para-hydroxylation sites is 1. The van der Waals surface area contributed by atoms with Crippen LogP contribution in [0, 0.1) is 0 Å². The van der Waals surface area contributed by atoms with Crippen LogP contribution in [0.4, 0.5) is 5.69 Å². The normalized spacial score (nSPS) is 10.3. The van der Waals surface area contributed by atoms with Gasteiger partial charge in [0, 0.05) is 33.0 Å². The van der Waals surface area contributed by atoms with E-state index in [2.05, 4.69) is 32.7 Å². The molecule has 21 heavy (non-hydrogen) atoms. The first kappa shape index (κ1) is 14.2. The van der Waals surface area contributed by atoms with Gasteiger partial charge in [-0.2, -0.15) is 0 Å². The minimum absolute atomic E-state index is 0.811. The lowest BCUT2D eigenvalue weighted by Crippen LogP contribution is -1.97. The zero-order valence-corrected chi connectivity index (χ0v) is 13.7. The zero-order chi connectivity index (χ0) is 14.5. The second kappa shape index (κ2) is 6.78. The van der Waals surface area contributed by atoms with Crippen LogP contribution >= 0.6 is 27.3 Å². The van der Waals surface area contributed by atoms with E-state index in [9.17, 15) is 0 Å². The monoisotopic (exact) mass is 359 g/mol. The average Bonchev–Trinajstić information content (AvgIpc) is 2.92. The van der Waals surface area contributed by atoms with Crippen molar-refractivity contribution in [3.8, 4) is 11.5 Å². The molecule has 0 fully saturated rings. The second-order valence-corrected chi connectivity index (χ2v) is 6.44. The summed E-state index contributed by atoms with van der Waals surface area (Å²) in [4.78, 5) is 1.29. The van der Waals surface area contributed by atoms with Crippen LogP contribution in [0.2, 0.25) is 0 Å². The Hall–Kier alpha value is -1.78. The Morgan fingerprint density at radius 2 is 1.76 bits per heavy atom. The Kier molecular flexibility index (Phi) is 4.58. The van der Waals surface area contributed by atoms with Crippen molar-refractivity contribution < 1.29 is 4.74 Å². The molecule has 2 nitrogen and oxygen atoms in total. The maximum atomic E-state index is 5.83. The van der Waals surface area contributed by atoms with E-state index in [1.807, 2.05) is 54.6 Å². The third kappa shape index (κ3) is 4.09. The molecule has 4 heteroatoms. The topological polar surface area (TPSA) is 21.3 Å². The van der Waals surface area contributed by atoms with E-state index < -0.39 is 0 Å². The summed E-state index contributed by atoms with van der Waals surface area (Å²) in [6, 6.07) is 19.9. The summed E-state index contributed by atoms with van der Waals surface area (Å²) in [5.41, 5.74) is 1.05. The maximum absolute atomic E-state index is 5.83. The summed E-state index contributed by atoms with van der Waals surface area (Å²) in [5.74, 6) is 1.68. The Morgan fingerprint density at radius 3 is 2.52 bits per heavy atom. The number of nitrogens with one attached hydrogen (secondary N) is 1. The Morgan fingerprint density at radius 1 is 0.952 bits per heavy atom. The first-order valence-electron chi connectivity index (χ1n) is 6.59. The number of rotatable bonds is 5. The van der Waals surface area contributed by atoms with E-state index in [1.165, 1.54) is 4.88 Å². The largest absolute Gasteiger partial charge is 0.457 e. The highest BCUT2D eigenvalue weighted by Crippen LogP contribution is 2.25. The predicted octanol–water partition coefficient (Wildman–Crippen LogP) is 5.92. The lowest BCUT2D eigenvalue weighted by molar-refractivity contribution is 0.483. The maximum Gasteiger partial charge on any atom is 0.129 e. The second-order valence-electron chi connectivity index (χ2n) is 4.53. The van der Waals surface area contributed by atoms with Gasteiger partial charge >= 0.3 is 0 Å². The summed E-state index contributed by atoms with van der Waals surface area (Å²) in [6.07, 6.45) is 0. The Balaban J connectivity index is 1.65. The van der Waals surface area contributed by atoms with Gasteiger partial charge in [-0.15, -0.1) is 11.3 Å². The minimum atomic E-state index is 0.811. The van der Waals surface area contributed by atoms with Gasteiger partial charge in [0.1, 0.15) is 11.5 Å². The molecule has 2 aromatic carbocycles. The predicted molar refractivity (Wildman–Crippen MR) is 92.3 cm³/mol. The van der Waals surface area contributed by atoms with E-state index in [0.717, 1.165) is 28.2 Å². The number of halogens is 1. The lowest BCUT2D eigenvalue weighted by Gasteiger charge is -2.09. The van der Waals surface area contributed by atoms with Crippen molar-refractivity contribution >= 4 is 33.0 Å². The molecule has 0 bridgehead atoms. The van der Waals surface area contributed by atoms with E-state index in [1.54, 1.807) is 11.3 Å². The van der Waals surface area contributed by atoms with Gasteiger partial charge in [0.05, 0.1) is 0 Å². The van der Waals surface area contributed by atoms with Gasteiger partial charge in [-0.1, -0.05) is 24.3 Å². The Bertz CT molecular complexity index is 712. The molecule has 1 aromatic heterocycles. The van der Waals surface area contributed by atoms with E-state index in [4.69, 9.17) is 4.74 Å². The molecule has 1 heterocycles. The molecule has 0 saturated carbocycles. The van der Waals surface area contributed by atoms with Gasteiger partial charge in [-0.05, 0) is 46.3 Å². The van der Waals surface area contributed by atoms with Crippen molar-refractivity contribution in [2.75, 3.05) is 5.32 Å². The van der Waals surface area contributed by atoms with Crippen LogP contribution < -0.4 is 10.1 Å². The van der Waals surface area contributed by atoms with Crippen molar-refractivity contribution in [3.05, 3.63) is 75.4 Å². The standard InChI is InChI=1S/C17H14BrNOS/c18-13-9-17(21-12-13)11-19-14-5-4-8-16(10-14)20-15-6-2-1-3-7-15/h1-10,12,19H,11H2. The number of anilines is 1. The molecule has 0 saturated heterocycles. The van der Waals surface area contributed by atoms with Crippen LogP contribution in [-0.2, 0) is 6.54 Å². The molecule has 0 aliphatic carbocycles. The summed E-state index contributed by atoms with van der Waals surface area (Å²) >= 11 is 5.20. The number of hydrogen-bond acceptors (Lipinski definition) is 3. The van der Waals surface area contributed by atoms with Crippen LogP contribution in [0.1, 0.15) is 4.88 Å². The molecular formula is C17H14BrNOS. The number of benzene rings is 2. The molecule has 0 aliphatic rings. The van der Waals surface area contributed by atoms with Crippen LogP contribution in [0.15, 0.2) is 70.5 Å². The molecule has 0 spiro atoms. The molecule has 0 aliphatic heterocycles. The van der Waals surface area contributed by atoms with Crippen molar-refractivity contribution in [1.82, 2.24) is 0 Å². The van der Waals surface area contributed by atoms with Gasteiger partial charge in [0.15, 0.2) is 0 Å². The molecule has 3 rings (SSSR count). The average molecular weight is 360 g/mol. The Labute approximate surface area is 136 Å². The lowest BCUT2D eigenvalue weighted by atomic mass is 10.3. The third-order valence-corrected chi connectivity index (χ3v) is 4.60. The van der Waals surface area contributed by atoms with Crippen molar-refractivity contribution in [2.24, 2.45) is 0 Å². The highest BCUT2D eigenvalue weighted by atomic mass is 79.9. The molecule has 1 N–H and O–H groups in total. The summed E-state index contributed by atoms with van der Waals surface area (Å²) < 4.78 is 6.96. The van der Waals surface area contributed by atoms with E-state index in [-0.39, 0.29) is 0 Å². The minimum Gasteiger partial charge on any atom is -0.457 e. The van der Waals surface area contributed by atoms with Crippen molar-refractivity contribution in [2.45, 2.75) is 6.54 Å². The van der Waals surface area contributed by atoms with Gasteiger partial charge < -0.3 is 10.1 Å². The highest BCUT2D eigenvalue weighted by Gasteiger charge is 2.00. The fourth-order valence-electron chi connectivity index (χ4n) is 1.93. The van der Waals surface area contributed by atoms with Crippen LogP contribution in [-0.4, -0.2) is 0 Å². The molecule has 106 valence electrons. The van der Waals surface area contributed by atoms with Gasteiger partial charge in [0.25, 0.3) is 0 Å². The van der Waals surface area contributed by atoms with E-state index in [0.29, 0.717) is 0 Å². The van der Waals surface area contributed by atoms with Crippen LogP contribution in [0.25, 0.3) is 0 Å². The number of thiophene rings is 1. The number of hydrogen-bond donors (Lipinski definition) is 1. The van der Waals surface area contributed by atoms with Crippen LogP contribution in [0.3, 0.4) is 0 Å². The first-order chi connectivity index (χ1) is 10.3. The van der Waals surface area contributed by atoms with E-state index >= 15 is 0 Å². The number of ether oxygens (including phenoxy) is 1. The molecular weight excluding hydrogens is 346 g/mol. The fraction of sp³-hybridized carbons (Fsp3) is 0.0588. The fourth-order valence-corrected chi connectivity index (χ4v) is 3.32. The van der Waals surface area contributed by atoms with Crippen molar-refractivity contribution in [3.63, 3.8) is 0 Å². The van der Waals surface area contributed by atoms with Gasteiger partial charge in [-0.3, -0.25) is 0 Å². The van der Waals surface area contributed by atoms with Crippen LogP contribution in [0.5, 0.6) is 11.5 Å². The third-order valence-electron chi connectivity index (χ3n) is 2.90. The molecule has 0 atom stereocenters. The van der Waals surface area contributed by atoms with Gasteiger partial charge in [0.2, 0.25) is 0 Å². The molecule has 0 unspecified atom stereocenters. The summed E-state index contributed by atoms with van der Waals surface area (Å²) in [5, 5.41) is 5.50. The highest BCUT2D eigenvalue weighted by molar-refractivity contribution is 9.10. The molecule has 3 aromatic rings. The van der Waals surface area contributed by atoms with Crippen molar-refractivity contribution in [1.29, 1.82) is 0 Å². The summed E-state index contributed by atoms with van der Waals surface area (Å²) in [6.45, 7) is 0.811. The zero-order valence-electron chi connectivity index (χ0n) is 11.3. The molecule has 0 amide bonds. The molecule has 0 radical (unpaired) electrons. The first-order valence-corrected chi connectivity index (χ1v) is 8.26. The van der Waals surface area contributed by atoms with Gasteiger partial charge in [-0.25, -0.2) is 0 Å². The smallest absolute Gasteiger partial charge is 0.129 e.